The number of fused-ring (bicyclic) bond motifs is 2. The fourth-order valence-electron chi connectivity index (χ4n) is 2.29. The molecule has 0 bridgehead atoms. The van der Waals surface area contributed by atoms with E-state index in [0.29, 0.717) is 0 Å². The van der Waals surface area contributed by atoms with E-state index >= 15 is 0 Å². The summed E-state index contributed by atoms with van der Waals surface area (Å²) in [6.45, 7) is 0. The lowest BCUT2D eigenvalue weighted by Gasteiger charge is -2.31. The quantitative estimate of drug-likeness (QED) is 0.699. The molecule has 0 amide bonds. The van der Waals surface area contributed by atoms with E-state index < -0.39 is 5.79 Å². The van der Waals surface area contributed by atoms with Gasteiger partial charge in [-0.2, -0.15) is 5.10 Å². The van der Waals surface area contributed by atoms with E-state index in [1.165, 1.54) is 0 Å². The third-order valence-electron chi connectivity index (χ3n) is 3.07. The van der Waals surface area contributed by atoms with Crippen molar-refractivity contribution in [2.45, 2.75) is 5.79 Å². The lowest BCUT2D eigenvalue weighted by molar-refractivity contribution is -0.125. The molecule has 1 heterocycles. The number of ether oxygens (including phenoxy) is 2. The summed E-state index contributed by atoms with van der Waals surface area (Å²) in [4.78, 5) is 0. The summed E-state index contributed by atoms with van der Waals surface area (Å²) >= 11 is 0. The third kappa shape index (κ3) is 1.03. The molecule has 0 atom stereocenters. The number of aromatic nitrogens is 2. The van der Waals surface area contributed by atoms with Gasteiger partial charge in [0.05, 0.1) is 11.5 Å². The van der Waals surface area contributed by atoms with Gasteiger partial charge in [0.15, 0.2) is 0 Å². The Hall–Kier alpha value is -1.65. The van der Waals surface area contributed by atoms with E-state index in [-0.39, 0.29) is 0 Å². The predicted octanol–water partition coefficient (Wildman–Crippen LogP) is -0.160. The van der Waals surface area contributed by atoms with Crippen molar-refractivity contribution in [3.63, 3.8) is 0 Å². The van der Waals surface area contributed by atoms with Crippen LogP contribution in [0, 0.1) is 0 Å². The molecule has 82 valence electrons. The van der Waals surface area contributed by atoms with Crippen molar-refractivity contribution in [2.75, 3.05) is 14.2 Å². The molecule has 0 aromatic carbocycles. The van der Waals surface area contributed by atoms with E-state index in [2.05, 4.69) is 10.2 Å². The Kier molecular flexibility index (Phi) is 1.89. The van der Waals surface area contributed by atoms with Crippen LogP contribution in [0.1, 0.15) is 0 Å². The summed E-state index contributed by atoms with van der Waals surface area (Å²) in [5, 5.41) is 9.03. The standard InChI is InChI=1S/C12H12N2O2/c1-15-12(16-2)5-3-4-8-6-10-9(11(8)12)7-13-14-10/h3-7,14H,1-2H3. The van der Waals surface area contributed by atoms with Gasteiger partial charge in [-0.05, 0) is 17.7 Å². The van der Waals surface area contributed by atoms with Crippen LogP contribution in [0.3, 0.4) is 0 Å². The molecule has 0 fully saturated rings. The fourth-order valence-corrected chi connectivity index (χ4v) is 2.29. The maximum absolute atomic E-state index is 5.52. The first-order chi connectivity index (χ1) is 7.80. The van der Waals surface area contributed by atoms with Crippen LogP contribution in [0.25, 0.3) is 11.6 Å². The molecule has 2 aliphatic rings. The van der Waals surface area contributed by atoms with Gasteiger partial charge in [0.2, 0.25) is 5.79 Å². The van der Waals surface area contributed by atoms with Crippen LogP contribution in [0.5, 0.6) is 0 Å². The number of nitrogens with one attached hydrogen (secondary N) is 1. The van der Waals surface area contributed by atoms with Gasteiger partial charge >= 0.3 is 0 Å². The molecule has 2 aliphatic carbocycles. The Labute approximate surface area is 92.6 Å². The molecule has 0 aliphatic heterocycles. The minimum atomic E-state index is -0.796. The fraction of sp³-hybridized carbons (Fsp3) is 0.250. The minimum absolute atomic E-state index is 0.796. The highest BCUT2D eigenvalue weighted by Crippen LogP contribution is 2.35. The van der Waals surface area contributed by atoms with Crippen molar-refractivity contribution in [3.8, 4) is 0 Å². The zero-order valence-electron chi connectivity index (χ0n) is 9.15. The van der Waals surface area contributed by atoms with Crippen molar-refractivity contribution in [1.29, 1.82) is 0 Å². The Balaban J connectivity index is 2.37. The Morgan fingerprint density at radius 3 is 2.88 bits per heavy atom. The molecule has 4 heteroatoms. The zero-order chi connectivity index (χ0) is 11.2. The van der Waals surface area contributed by atoms with Crippen molar-refractivity contribution < 1.29 is 9.47 Å². The van der Waals surface area contributed by atoms with Crippen LogP contribution in [-0.4, -0.2) is 30.2 Å². The third-order valence-corrected chi connectivity index (χ3v) is 3.07. The first-order valence-corrected chi connectivity index (χ1v) is 5.07. The van der Waals surface area contributed by atoms with E-state index in [1.54, 1.807) is 20.4 Å². The monoisotopic (exact) mass is 216 g/mol. The number of aromatic amines is 1. The predicted molar refractivity (Wildman–Crippen MR) is 59.7 cm³/mol. The van der Waals surface area contributed by atoms with Gasteiger partial charge in [0, 0.05) is 25.0 Å². The number of H-pyrrole nitrogens is 1. The maximum atomic E-state index is 5.52. The Morgan fingerprint density at radius 1 is 1.31 bits per heavy atom. The van der Waals surface area contributed by atoms with Gasteiger partial charge in [0.25, 0.3) is 0 Å². The second-order valence-corrected chi connectivity index (χ2v) is 3.77. The largest absolute Gasteiger partial charge is 0.346 e. The molecule has 16 heavy (non-hydrogen) atoms. The molecular formula is C12H12N2O2. The molecule has 1 N–H and O–H groups in total. The summed E-state index contributed by atoms with van der Waals surface area (Å²) in [6, 6.07) is 0. The molecular weight excluding hydrogens is 204 g/mol. The van der Waals surface area contributed by atoms with Crippen LogP contribution in [0.4, 0.5) is 0 Å². The van der Waals surface area contributed by atoms with E-state index in [1.807, 2.05) is 24.3 Å². The smallest absolute Gasteiger partial charge is 0.216 e. The molecule has 1 aromatic rings. The molecule has 3 rings (SSSR count). The molecule has 0 saturated carbocycles. The molecule has 0 radical (unpaired) electrons. The van der Waals surface area contributed by atoms with Crippen molar-refractivity contribution in [3.05, 3.63) is 40.6 Å². The molecule has 0 spiro atoms. The van der Waals surface area contributed by atoms with Crippen molar-refractivity contribution in [2.24, 2.45) is 0 Å². The highest BCUT2D eigenvalue weighted by atomic mass is 16.7. The van der Waals surface area contributed by atoms with E-state index in [4.69, 9.17) is 9.47 Å². The molecule has 0 saturated heterocycles. The zero-order valence-corrected chi connectivity index (χ0v) is 9.15. The normalized spacial score (nSPS) is 20.1. The SMILES string of the molecule is COC1(OC)C=CC=C2C=c3[nH]ncc3=C21. The summed E-state index contributed by atoms with van der Waals surface area (Å²) < 4.78 is 11.0. The minimum Gasteiger partial charge on any atom is -0.346 e. The Bertz CT molecular complexity index is 603. The first kappa shape index (κ1) is 9.57. The summed E-state index contributed by atoms with van der Waals surface area (Å²) in [6.07, 6.45) is 9.74. The first-order valence-electron chi connectivity index (χ1n) is 5.07. The number of rotatable bonds is 2. The van der Waals surface area contributed by atoms with Gasteiger partial charge in [0.1, 0.15) is 0 Å². The van der Waals surface area contributed by atoms with E-state index in [9.17, 15) is 0 Å². The number of hydrogen-bond acceptors (Lipinski definition) is 3. The van der Waals surface area contributed by atoms with Gasteiger partial charge < -0.3 is 9.47 Å². The molecule has 0 unspecified atom stereocenters. The van der Waals surface area contributed by atoms with Crippen molar-refractivity contribution >= 4 is 11.6 Å². The summed E-state index contributed by atoms with van der Waals surface area (Å²) in [5.41, 5.74) is 2.12. The van der Waals surface area contributed by atoms with Crippen LogP contribution in [-0.2, 0) is 9.47 Å². The highest BCUT2D eigenvalue weighted by molar-refractivity contribution is 5.87. The maximum Gasteiger partial charge on any atom is 0.216 e. The topological polar surface area (TPSA) is 47.1 Å². The average molecular weight is 216 g/mol. The molecule has 4 nitrogen and oxygen atoms in total. The van der Waals surface area contributed by atoms with E-state index in [0.717, 1.165) is 21.7 Å². The van der Waals surface area contributed by atoms with Crippen LogP contribution >= 0.6 is 0 Å². The van der Waals surface area contributed by atoms with Crippen LogP contribution in [0.15, 0.2) is 30.0 Å². The van der Waals surface area contributed by atoms with Gasteiger partial charge in [-0.1, -0.05) is 12.2 Å². The van der Waals surface area contributed by atoms with Crippen LogP contribution < -0.4 is 10.6 Å². The lowest BCUT2D eigenvalue weighted by Crippen LogP contribution is -2.38. The number of nitrogens with zero attached hydrogens (tertiary/aromatic N) is 1. The molecule has 1 aromatic heterocycles. The van der Waals surface area contributed by atoms with Crippen molar-refractivity contribution in [1.82, 2.24) is 10.2 Å². The summed E-state index contributed by atoms with van der Waals surface area (Å²) in [7, 11) is 3.28. The average Bonchev–Trinajstić information content (AvgIpc) is 2.87. The number of allylic oxidation sites excluding steroid dienone is 2. The van der Waals surface area contributed by atoms with Gasteiger partial charge in [-0.3, -0.25) is 5.10 Å². The van der Waals surface area contributed by atoms with Crippen LogP contribution in [0.2, 0.25) is 0 Å². The Morgan fingerprint density at radius 2 is 2.12 bits per heavy atom. The number of hydrogen-bond donors (Lipinski definition) is 1. The second kappa shape index (κ2) is 3.17. The van der Waals surface area contributed by atoms with Gasteiger partial charge in [-0.25, -0.2) is 0 Å². The summed E-state index contributed by atoms with van der Waals surface area (Å²) in [5.74, 6) is -0.796. The van der Waals surface area contributed by atoms with Gasteiger partial charge in [-0.15, -0.1) is 0 Å². The number of methoxy groups -OCH3 is 2. The second-order valence-electron chi connectivity index (χ2n) is 3.77. The lowest BCUT2D eigenvalue weighted by atomic mass is 9.94. The highest BCUT2D eigenvalue weighted by Gasteiger charge is 2.37.